The van der Waals surface area contributed by atoms with Crippen LogP contribution in [0.1, 0.15) is 0 Å². The van der Waals surface area contributed by atoms with Crippen molar-refractivity contribution in [2.75, 3.05) is 0 Å². The lowest BCUT2D eigenvalue weighted by molar-refractivity contribution is 0.671. The van der Waals surface area contributed by atoms with Crippen LogP contribution in [0.2, 0.25) is 0 Å². The Kier molecular flexibility index (Phi) is 6.46. The summed E-state index contributed by atoms with van der Waals surface area (Å²) in [7, 11) is 0. The molecule has 0 unspecified atom stereocenters. The molecule has 9 aromatic rings. The summed E-state index contributed by atoms with van der Waals surface area (Å²) in [6.07, 6.45) is 0. The predicted molar refractivity (Wildman–Crippen MR) is 194 cm³/mol. The number of nitrogens with zero attached hydrogens (tertiary/aromatic N) is 2. The maximum atomic E-state index is 6.44. The monoisotopic (exact) mass is 600 g/mol. The standard InChI is InChI=1S/C44H28N2O/c1-3-11-29(12-4-1)30-21-23-31(24-22-30)33-15-9-16-34(27-33)35-17-10-18-36(28-35)44-45-41(32-13-5-2-6-14-32)39-26-25-38-37-19-7-8-20-40(37)47-43(38)42(39)46-44/h1-28H. The lowest BCUT2D eigenvalue weighted by Gasteiger charge is -2.11. The first-order valence-corrected chi connectivity index (χ1v) is 15.8. The van der Waals surface area contributed by atoms with Crippen LogP contribution in [-0.2, 0) is 0 Å². The third-order valence-corrected chi connectivity index (χ3v) is 8.90. The first kappa shape index (κ1) is 27.0. The van der Waals surface area contributed by atoms with Crippen molar-refractivity contribution in [2.45, 2.75) is 0 Å². The van der Waals surface area contributed by atoms with Crippen molar-refractivity contribution in [2.24, 2.45) is 0 Å². The van der Waals surface area contributed by atoms with E-state index in [1.54, 1.807) is 0 Å². The van der Waals surface area contributed by atoms with E-state index < -0.39 is 0 Å². The Morgan fingerprint density at radius 2 is 0.851 bits per heavy atom. The van der Waals surface area contributed by atoms with Gasteiger partial charge in [0.2, 0.25) is 0 Å². The lowest BCUT2D eigenvalue weighted by atomic mass is 9.96. The molecule has 0 atom stereocenters. The van der Waals surface area contributed by atoms with Gasteiger partial charge in [-0.3, -0.25) is 0 Å². The van der Waals surface area contributed by atoms with Crippen LogP contribution < -0.4 is 0 Å². The Labute approximate surface area is 272 Å². The lowest BCUT2D eigenvalue weighted by Crippen LogP contribution is -1.96. The van der Waals surface area contributed by atoms with Gasteiger partial charge in [-0.15, -0.1) is 0 Å². The van der Waals surface area contributed by atoms with Crippen molar-refractivity contribution in [1.29, 1.82) is 0 Å². The number of aromatic nitrogens is 2. The van der Waals surface area contributed by atoms with Gasteiger partial charge in [-0.2, -0.15) is 0 Å². The van der Waals surface area contributed by atoms with Crippen molar-refractivity contribution < 1.29 is 4.42 Å². The molecule has 0 amide bonds. The average Bonchev–Trinajstić information content (AvgIpc) is 3.55. The van der Waals surface area contributed by atoms with Gasteiger partial charge in [0.25, 0.3) is 0 Å². The van der Waals surface area contributed by atoms with Gasteiger partial charge < -0.3 is 4.42 Å². The van der Waals surface area contributed by atoms with Crippen LogP contribution in [0.15, 0.2) is 174 Å². The molecule has 2 aromatic heterocycles. The Morgan fingerprint density at radius 1 is 0.340 bits per heavy atom. The molecule has 0 radical (unpaired) electrons. The van der Waals surface area contributed by atoms with Gasteiger partial charge in [0.05, 0.1) is 5.69 Å². The topological polar surface area (TPSA) is 38.9 Å². The fraction of sp³-hybridized carbons (Fsp3) is 0. The second-order valence-corrected chi connectivity index (χ2v) is 11.8. The molecule has 0 spiro atoms. The van der Waals surface area contributed by atoms with E-state index in [0.717, 1.165) is 60.8 Å². The highest BCUT2D eigenvalue weighted by molar-refractivity contribution is 6.15. The first-order valence-electron chi connectivity index (χ1n) is 15.8. The molecular weight excluding hydrogens is 572 g/mol. The number of para-hydroxylation sites is 1. The minimum atomic E-state index is 0.666. The zero-order valence-electron chi connectivity index (χ0n) is 25.5. The molecule has 0 aliphatic heterocycles. The summed E-state index contributed by atoms with van der Waals surface area (Å²) in [5, 5.41) is 3.11. The van der Waals surface area contributed by atoms with Gasteiger partial charge in [-0.05, 0) is 63.7 Å². The Hall–Kier alpha value is -6.32. The summed E-state index contributed by atoms with van der Waals surface area (Å²) in [5.74, 6) is 0.666. The number of hydrogen-bond acceptors (Lipinski definition) is 3. The van der Waals surface area contributed by atoms with Crippen LogP contribution in [0.4, 0.5) is 0 Å². The van der Waals surface area contributed by atoms with Crippen LogP contribution >= 0.6 is 0 Å². The highest BCUT2D eigenvalue weighted by Crippen LogP contribution is 2.38. The van der Waals surface area contributed by atoms with Gasteiger partial charge in [-0.1, -0.05) is 140 Å². The molecule has 3 nitrogen and oxygen atoms in total. The highest BCUT2D eigenvalue weighted by Gasteiger charge is 2.18. The third-order valence-electron chi connectivity index (χ3n) is 8.90. The van der Waals surface area contributed by atoms with Gasteiger partial charge in [0.1, 0.15) is 11.1 Å². The molecule has 2 heterocycles. The van der Waals surface area contributed by atoms with Crippen LogP contribution in [-0.4, -0.2) is 9.97 Å². The molecule has 220 valence electrons. The quantitative estimate of drug-likeness (QED) is 0.197. The maximum absolute atomic E-state index is 6.44. The maximum Gasteiger partial charge on any atom is 0.161 e. The molecule has 0 saturated heterocycles. The van der Waals surface area contributed by atoms with E-state index in [1.165, 1.54) is 22.3 Å². The van der Waals surface area contributed by atoms with Gasteiger partial charge in [0.15, 0.2) is 11.4 Å². The summed E-state index contributed by atoms with van der Waals surface area (Å²) < 4.78 is 6.44. The second-order valence-electron chi connectivity index (χ2n) is 11.8. The van der Waals surface area contributed by atoms with E-state index in [4.69, 9.17) is 14.4 Å². The summed E-state index contributed by atoms with van der Waals surface area (Å²) >= 11 is 0. The minimum absolute atomic E-state index is 0.666. The van der Waals surface area contributed by atoms with Crippen molar-refractivity contribution >= 4 is 32.8 Å². The van der Waals surface area contributed by atoms with Crippen molar-refractivity contribution in [3.63, 3.8) is 0 Å². The van der Waals surface area contributed by atoms with E-state index in [2.05, 4.69) is 127 Å². The summed E-state index contributed by atoms with van der Waals surface area (Å²) in [6, 6.07) is 59.2. The molecule has 0 saturated carbocycles. The van der Waals surface area contributed by atoms with E-state index >= 15 is 0 Å². The van der Waals surface area contributed by atoms with Crippen LogP contribution in [0.3, 0.4) is 0 Å². The summed E-state index contributed by atoms with van der Waals surface area (Å²) in [5.41, 5.74) is 12.4. The SMILES string of the molecule is c1ccc(-c2ccc(-c3cccc(-c4cccc(-c5nc(-c6ccccc6)c6ccc7c8ccccc8oc7c6n5)c4)c3)cc2)cc1. The zero-order valence-corrected chi connectivity index (χ0v) is 25.5. The fourth-order valence-electron chi connectivity index (χ4n) is 6.52. The molecule has 3 heteroatoms. The Bertz CT molecular complexity index is 2550. The third kappa shape index (κ3) is 4.86. The average molecular weight is 601 g/mol. The normalized spacial score (nSPS) is 11.4. The van der Waals surface area contributed by atoms with Crippen LogP contribution in [0, 0.1) is 0 Å². The molecule has 0 aliphatic carbocycles. The van der Waals surface area contributed by atoms with E-state index in [0.29, 0.717) is 5.82 Å². The number of hydrogen-bond donors (Lipinski definition) is 0. The Balaban J connectivity index is 1.15. The fourth-order valence-corrected chi connectivity index (χ4v) is 6.52. The molecule has 9 rings (SSSR count). The molecule has 0 bridgehead atoms. The number of benzene rings is 7. The number of fused-ring (bicyclic) bond motifs is 5. The zero-order chi connectivity index (χ0) is 31.2. The smallest absolute Gasteiger partial charge is 0.161 e. The minimum Gasteiger partial charge on any atom is -0.454 e. The van der Waals surface area contributed by atoms with Gasteiger partial charge in [-0.25, -0.2) is 9.97 Å². The van der Waals surface area contributed by atoms with Crippen LogP contribution in [0.25, 0.3) is 88.9 Å². The summed E-state index contributed by atoms with van der Waals surface area (Å²) in [4.78, 5) is 10.4. The van der Waals surface area contributed by atoms with Crippen molar-refractivity contribution in [3.8, 4) is 56.0 Å². The number of rotatable bonds is 5. The van der Waals surface area contributed by atoms with Gasteiger partial charge >= 0.3 is 0 Å². The van der Waals surface area contributed by atoms with E-state index in [9.17, 15) is 0 Å². The van der Waals surface area contributed by atoms with Crippen LogP contribution in [0.5, 0.6) is 0 Å². The number of furan rings is 1. The van der Waals surface area contributed by atoms with Gasteiger partial charge in [0, 0.05) is 27.3 Å². The Morgan fingerprint density at radius 3 is 1.57 bits per heavy atom. The molecular formula is C44H28N2O. The van der Waals surface area contributed by atoms with E-state index in [-0.39, 0.29) is 0 Å². The molecule has 0 N–H and O–H groups in total. The van der Waals surface area contributed by atoms with Crippen molar-refractivity contribution in [1.82, 2.24) is 9.97 Å². The first-order chi connectivity index (χ1) is 23.3. The van der Waals surface area contributed by atoms with E-state index in [1.807, 2.05) is 42.5 Å². The predicted octanol–water partition coefficient (Wildman–Crippen LogP) is 11.9. The second kappa shape index (κ2) is 11.2. The summed E-state index contributed by atoms with van der Waals surface area (Å²) in [6.45, 7) is 0. The highest BCUT2D eigenvalue weighted by atomic mass is 16.3. The molecule has 0 fully saturated rings. The van der Waals surface area contributed by atoms with Crippen molar-refractivity contribution in [3.05, 3.63) is 170 Å². The molecule has 7 aromatic carbocycles. The molecule has 47 heavy (non-hydrogen) atoms. The largest absolute Gasteiger partial charge is 0.454 e. The molecule has 0 aliphatic rings.